The van der Waals surface area contributed by atoms with Crippen molar-refractivity contribution in [2.24, 2.45) is 0 Å². The Morgan fingerprint density at radius 1 is 1.32 bits per heavy atom. The highest BCUT2D eigenvalue weighted by Crippen LogP contribution is 2.09. The summed E-state index contributed by atoms with van der Waals surface area (Å²) in [6.45, 7) is 11.2. The standard InChI is InChI=1S/C14H31N3O2/c1-7-17(10-8-9-16(5)6)11-14(4,13(18)19)15-12(2)3/h12,15H,7-11H2,1-6H3,(H,18,19). The zero-order chi connectivity index (χ0) is 15.1. The van der Waals surface area contributed by atoms with Crippen LogP contribution in [0.15, 0.2) is 0 Å². The maximum atomic E-state index is 11.5. The fourth-order valence-corrected chi connectivity index (χ4v) is 2.22. The summed E-state index contributed by atoms with van der Waals surface area (Å²) in [5.74, 6) is -0.785. The molecule has 0 aliphatic carbocycles. The Hall–Kier alpha value is -0.650. The second-order valence-corrected chi connectivity index (χ2v) is 5.96. The maximum absolute atomic E-state index is 11.5. The van der Waals surface area contributed by atoms with E-state index in [1.54, 1.807) is 6.92 Å². The molecule has 114 valence electrons. The highest BCUT2D eigenvalue weighted by atomic mass is 16.4. The number of likely N-dealkylation sites (N-methyl/N-ethyl adjacent to an activating group) is 1. The summed E-state index contributed by atoms with van der Waals surface area (Å²) in [7, 11) is 4.11. The molecule has 0 radical (unpaired) electrons. The number of hydrogen-bond acceptors (Lipinski definition) is 4. The predicted molar refractivity (Wildman–Crippen MR) is 79.6 cm³/mol. The van der Waals surface area contributed by atoms with Crippen LogP contribution < -0.4 is 5.32 Å². The number of carbonyl (C=O) groups is 1. The Morgan fingerprint density at radius 3 is 2.26 bits per heavy atom. The zero-order valence-electron chi connectivity index (χ0n) is 13.4. The number of nitrogens with one attached hydrogen (secondary N) is 1. The lowest BCUT2D eigenvalue weighted by Crippen LogP contribution is -2.59. The van der Waals surface area contributed by atoms with Gasteiger partial charge in [-0.25, -0.2) is 0 Å². The predicted octanol–water partition coefficient (Wildman–Crippen LogP) is 1.10. The molecular weight excluding hydrogens is 242 g/mol. The van der Waals surface area contributed by atoms with Crippen LogP contribution in [0.5, 0.6) is 0 Å². The van der Waals surface area contributed by atoms with Crippen LogP contribution in [0.2, 0.25) is 0 Å². The van der Waals surface area contributed by atoms with Gasteiger partial charge in [-0.1, -0.05) is 6.92 Å². The summed E-state index contributed by atoms with van der Waals surface area (Å²) < 4.78 is 0. The van der Waals surface area contributed by atoms with Gasteiger partial charge >= 0.3 is 5.97 Å². The van der Waals surface area contributed by atoms with Crippen LogP contribution >= 0.6 is 0 Å². The van der Waals surface area contributed by atoms with E-state index in [1.807, 2.05) is 13.8 Å². The maximum Gasteiger partial charge on any atom is 0.324 e. The largest absolute Gasteiger partial charge is 0.480 e. The highest BCUT2D eigenvalue weighted by molar-refractivity contribution is 5.78. The molecule has 2 N–H and O–H groups in total. The number of nitrogens with zero attached hydrogens (tertiary/aromatic N) is 2. The molecule has 0 rings (SSSR count). The molecule has 0 amide bonds. The molecule has 5 heteroatoms. The van der Waals surface area contributed by atoms with E-state index in [0.29, 0.717) is 6.54 Å². The van der Waals surface area contributed by atoms with E-state index in [0.717, 1.165) is 26.1 Å². The Kier molecular flexibility index (Phi) is 8.22. The van der Waals surface area contributed by atoms with Crippen molar-refractivity contribution in [2.45, 2.75) is 45.7 Å². The minimum Gasteiger partial charge on any atom is -0.480 e. The van der Waals surface area contributed by atoms with Gasteiger partial charge in [0.2, 0.25) is 0 Å². The first-order chi connectivity index (χ1) is 8.71. The first kappa shape index (κ1) is 18.4. The molecule has 0 heterocycles. The van der Waals surface area contributed by atoms with Gasteiger partial charge in [-0.05, 0) is 60.9 Å². The third-order valence-electron chi connectivity index (χ3n) is 3.15. The summed E-state index contributed by atoms with van der Waals surface area (Å²) in [5, 5.41) is 12.6. The fraction of sp³-hybridized carbons (Fsp3) is 0.929. The van der Waals surface area contributed by atoms with Gasteiger partial charge < -0.3 is 14.9 Å². The van der Waals surface area contributed by atoms with Gasteiger partial charge in [-0.3, -0.25) is 10.1 Å². The summed E-state index contributed by atoms with van der Waals surface area (Å²) in [4.78, 5) is 15.8. The van der Waals surface area contributed by atoms with Gasteiger partial charge in [-0.2, -0.15) is 0 Å². The van der Waals surface area contributed by atoms with Gasteiger partial charge in [0.05, 0.1) is 0 Å². The molecular formula is C14H31N3O2. The third kappa shape index (κ3) is 7.50. The molecule has 0 aromatic carbocycles. The average Bonchev–Trinajstić information content (AvgIpc) is 2.25. The summed E-state index contributed by atoms with van der Waals surface area (Å²) >= 11 is 0. The van der Waals surface area contributed by atoms with Crippen molar-refractivity contribution in [3.63, 3.8) is 0 Å². The van der Waals surface area contributed by atoms with Crippen LogP contribution in [0.25, 0.3) is 0 Å². The minimum absolute atomic E-state index is 0.154. The van der Waals surface area contributed by atoms with E-state index < -0.39 is 11.5 Å². The highest BCUT2D eigenvalue weighted by Gasteiger charge is 2.35. The zero-order valence-corrected chi connectivity index (χ0v) is 13.4. The van der Waals surface area contributed by atoms with Crippen molar-refractivity contribution in [2.75, 3.05) is 40.3 Å². The van der Waals surface area contributed by atoms with Crippen molar-refractivity contribution in [1.82, 2.24) is 15.1 Å². The van der Waals surface area contributed by atoms with Crippen molar-refractivity contribution in [3.05, 3.63) is 0 Å². The molecule has 0 saturated heterocycles. The fourth-order valence-electron chi connectivity index (χ4n) is 2.22. The van der Waals surface area contributed by atoms with Crippen LogP contribution in [0.3, 0.4) is 0 Å². The van der Waals surface area contributed by atoms with E-state index >= 15 is 0 Å². The number of aliphatic carboxylic acids is 1. The van der Waals surface area contributed by atoms with Crippen LogP contribution in [-0.4, -0.2) is 72.7 Å². The van der Waals surface area contributed by atoms with Gasteiger partial charge in [0.1, 0.15) is 5.54 Å². The van der Waals surface area contributed by atoms with Gasteiger partial charge in [0.15, 0.2) is 0 Å². The van der Waals surface area contributed by atoms with Crippen molar-refractivity contribution >= 4 is 5.97 Å². The van der Waals surface area contributed by atoms with Crippen LogP contribution in [0.1, 0.15) is 34.1 Å². The summed E-state index contributed by atoms with van der Waals surface area (Å²) in [6.07, 6.45) is 1.05. The Labute approximate surface area is 118 Å². The molecule has 0 aromatic heterocycles. The molecule has 0 fully saturated rings. The number of hydrogen-bond donors (Lipinski definition) is 2. The molecule has 0 spiro atoms. The molecule has 5 nitrogen and oxygen atoms in total. The van der Waals surface area contributed by atoms with Crippen LogP contribution in [-0.2, 0) is 4.79 Å². The number of carboxylic acids is 1. The minimum atomic E-state index is -0.887. The third-order valence-corrected chi connectivity index (χ3v) is 3.15. The summed E-state index contributed by atoms with van der Waals surface area (Å²) in [6, 6.07) is 0.154. The molecule has 0 aromatic rings. The molecule has 0 bridgehead atoms. The number of carboxylic acid groups (broad SMARTS) is 1. The molecule has 0 saturated carbocycles. The van der Waals surface area contributed by atoms with E-state index in [2.05, 4.69) is 36.1 Å². The lowest BCUT2D eigenvalue weighted by atomic mass is 10.0. The normalized spacial score (nSPS) is 15.2. The van der Waals surface area contributed by atoms with Crippen molar-refractivity contribution < 1.29 is 9.90 Å². The van der Waals surface area contributed by atoms with Gasteiger partial charge in [0, 0.05) is 12.6 Å². The topological polar surface area (TPSA) is 55.8 Å². The van der Waals surface area contributed by atoms with E-state index in [4.69, 9.17) is 0 Å². The molecule has 1 unspecified atom stereocenters. The lowest BCUT2D eigenvalue weighted by molar-refractivity contribution is -0.145. The monoisotopic (exact) mass is 273 g/mol. The lowest BCUT2D eigenvalue weighted by Gasteiger charge is -2.34. The first-order valence-electron chi connectivity index (χ1n) is 7.09. The van der Waals surface area contributed by atoms with Gasteiger partial charge in [0.25, 0.3) is 0 Å². The SMILES string of the molecule is CCN(CCCN(C)C)CC(C)(NC(C)C)C(=O)O. The van der Waals surface area contributed by atoms with Crippen molar-refractivity contribution in [1.29, 1.82) is 0 Å². The smallest absolute Gasteiger partial charge is 0.324 e. The molecule has 19 heavy (non-hydrogen) atoms. The van der Waals surface area contributed by atoms with Crippen LogP contribution in [0, 0.1) is 0 Å². The molecule has 0 aliphatic rings. The van der Waals surface area contributed by atoms with E-state index in [9.17, 15) is 9.90 Å². The van der Waals surface area contributed by atoms with Gasteiger partial charge in [-0.15, -0.1) is 0 Å². The quantitative estimate of drug-likeness (QED) is 0.624. The Morgan fingerprint density at radius 2 is 1.89 bits per heavy atom. The van der Waals surface area contributed by atoms with Crippen LogP contribution in [0.4, 0.5) is 0 Å². The number of rotatable bonds is 10. The summed E-state index contributed by atoms with van der Waals surface area (Å²) in [5.41, 5.74) is -0.887. The van der Waals surface area contributed by atoms with E-state index in [1.165, 1.54) is 0 Å². The van der Waals surface area contributed by atoms with Crippen molar-refractivity contribution in [3.8, 4) is 0 Å². The Bertz CT molecular complexity index is 269. The van der Waals surface area contributed by atoms with E-state index in [-0.39, 0.29) is 6.04 Å². The Balaban J connectivity index is 4.48. The average molecular weight is 273 g/mol. The first-order valence-corrected chi connectivity index (χ1v) is 7.09. The molecule has 0 aliphatic heterocycles. The second-order valence-electron chi connectivity index (χ2n) is 5.96. The molecule has 1 atom stereocenters. The second kappa shape index (κ2) is 8.51.